The number of hydrogen-bond donors (Lipinski definition) is 0. The second kappa shape index (κ2) is 13.3. The monoisotopic (exact) mass is 571 g/mol. The highest BCUT2D eigenvalue weighted by Gasteiger charge is 2.32. The molecule has 1 aliphatic heterocycles. The Bertz CT molecular complexity index is 1360. The fraction of sp³-hybridized carbons (Fsp3) is 0.300. The molecule has 0 radical (unpaired) electrons. The number of amides is 1. The van der Waals surface area contributed by atoms with Crippen LogP contribution in [0.1, 0.15) is 28.4 Å². The molecule has 1 amide bonds. The summed E-state index contributed by atoms with van der Waals surface area (Å²) in [6.07, 6.45) is -6.09. The van der Waals surface area contributed by atoms with Crippen molar-refractivity contribution < 1.29 is 46.5 Å². The van der Waals surface area contributed by atoms with Crippen molar-refractivity contribution in [3.63, 3.8) is 0 Å². The first-order valence-corrected chi connectivity index (χ1v) is 12.9. The van der Waals surface area contributed by atoms with Gasteiger partial charge in [-0.2, -0.15) is 13.2 Å². The van der Waals surface area contributed by atoms with Gasteiger partial charge in [0.25, 0.3) is 5.91 Å². The Balaban J connectivity index is 1.35. The number of rotatable bonds is 12. The molecular formula is C30H28F3NO7. The van der Waals surface area contributed by atoms with E-state index in [1.165, 1.54) is 4.90 Å². The maximum Gasteiger partial charge on any atom is 0.411 e. The second-order valence-electron chi connectivity index (χ2n) is 9.08. The van der Waals surface area contributed by atoms with Crippen molar-refractivity contribution in [1.82, 2.24) is 0 Å². The number of ether oxygens (including phenoxy) is 4. The summed E-state index contributed by atoms with van der Waals surface area (Å²) in [4.78, 5) is 38.9. The van der Waals surface area contributed by atoms with E-state index >= 15 is 0 Å². The van der Waals surface area contributed by atoms with Gasteiger partial charge in [0.15, 0.2) is 18.5 Å². The van der Waals surface area contributed by atoms with Crippen molar-refractivity contribution in [3.05, 3.63) is 89.5 Å². The molecule has 11 heteroatoms. The minimum absolute atomic E-state index is 0.0145. The van der Waals surface area contributed by atoms with Gasteiger partial charge in [0, 0.05) is 17.5 Å². The third-order valence-corrected chi connectivity index (χ3v) is 6.13. The van der Waals surface area contributed by atoms with Gasteiger partial charge in [-0.1, -0.05) is 42.5 Å². The summed E-state index contributed by atoms with van der Waals surface area (Å²) in [6, 6.07) is 20.2. The predicted octanol–water partition coefficient (Wildman–Crippen LogP) is 4.78. The summed E-state index contributed by atoms with van der Waals surface area (Å²) in [5.74, 6) is -0.415. The highest BCUT2D eigenvalue weighted by molar-refractivity contribution is 6.10. The van der Waals surface area contributed by atoms with Gasteiger partial charge >= 0.3 is 12.1 Å². The minimum atomic E-state index is -4.58. The maximum atomic E-state index is 12.8. The fourth-order valence-corrected chi connectivity index (χ4v) is 4.18. The van der Waals surface area contributed by atoms with Crippen molar-refractivity contribution in [2.24, 2.45) is 0 Å². The summed E-state index contributed by atoms with van der Waals surface area (Å²) in [6.45, 7) is 0.168. The topological polar surface area (TPSA) is 91.4 Å². The molecule has 3 aromatic carbocycles. The van der Waals surface area contributed by atoms with Crippen molar-refractivity contribution in [2.45, 2.75) is 25.6 Å². The number of alkyl halides is 3. The molecule has 0 fully saturated rings. The molecule has 0 bridgehead atoms. The standard InChI is InChI=1S/C30H28F3NO7/c1-2-38-29(37)26(41-19-30(31,32)33)16-20-8-11-23(12-9-20)39-15-14-34-24-13-10-22(17-25(24)40-18-27(34)35)28(36)21-6-4-3-5-7-21/h3-13,17,26H,2,14-16,18-19H2,1H3. The van der Waals surface area contributed by atoms with Gasteiger partial charge in [0.1, 0.15) is 24.7 Å². The minimum Gasteiger partial charge on any atom is -0.492 e. The molecule has 0 aromatic heterocycles. The maximum absolute atomic E-state index is 12.8. The first kappa shape index (κ1) is 29.6. The zero-order valence-electron chi connectivity index (χ0n) is 22.2. The molecule has 216 valence electrons. The molecule has 1 heterocycles. The first-order valence-electron chi connectivity index (χ1n) is 12.9. The Hall–Kier alpha value is -4.38. The molecule has 41 heavy (non-hydrogen) atoms. The Kier molecular flexibility index (Phi) is 9.61. The largest absolute Gasteiger partial charge is 0.492 e. The van der Waals surface area contributed by atoms with Crippen LogP contribution in [0.4, 0.5) is 18.9 Å². The molecule has 4 rings (SSSR count). The normalized spacial score (nSPS) is 13.7. The summed E-state index contributed by atoms with van der Waals surface area (Å²) < 4.78 is 58.7. The van der Waals surface area contributed by atoms with Crippen LogP contribution in [0.25, 0.3) is 0 Å². The van der Waals surface area contributed by atoms with Crippen LogP contribution in [0.5, 0.6) is 11.5 Å². The van der Waals surface area contributed by atoms with Crippen LogP contribution in [-0.2, 0) is 25.5 Å². The molecule has 0 N–H and O–H groups in total. The van der Waals surface area contributed by atoms with E-state index in [2.05, 4.69) is 0 Å². The zero-order chi connectivity index (χ0) is 29.4. The van der Waals surface area contributed by atoms with E-state index in [9.17, 15) is 27.6 Å². The van der Waals surface area contributed by atoms with Gasteiger partial charge < -0.3 is 23.8 Å². The number of ketones is 1. The Labute approximate surface area is 234 Å². The van der Waals surface area contributed by atoms with Crippen LogP contribution in [0.2, 0.25) is 0 Å². The molecule has 0 saturated heterocycles. The van der Waals surface area contributed by atoms with Crippen LogP contribution >= 0.6 is 0 Å². The zero-order valence-corrected chi connectivity index (χ0v) is 22.2. The van der Waals surface area contributed by atoms with Gasteiger partial charge in [0.05, 0.1) is 18.8 Å². The average molecular weight is 572 g/mol. The van der Waals surface area contributed by atoms with Gasteiger partial charge in [-0.05, 0) is 42.8 Å². The average Bonchev–Trinajstić information content (AvgIpc) is 2.96. The number of esters is 1. The van der Waals surface area contributed by atoms with Gasteiger partial charge in [-0.25, -0.2) is 4.79 Å². The smallest absolute Gasteiger partial charge is 0.411 e. The van der Waals surface area contributed by atoms with Crippen LogP contribution in [0.3, 0.4) is 0 Å². The number of hydrogen-bond acceptors (Lipinski definition) is 7. The molecule has 8 nitrogen and oxygen atoms in total. The third kappa shape index (κ3) is 8.07. The number of carbonyl (C=O) groups excluding carboxylic acids is 3. The highest BCUT2D eigenvalue weighted by atomic mass is 19.4. The number of nitrogens with zero attached hydrogens (tertiary/aromatic N) is 1. The van der Waals surface area contributed by atoms with E-state index < -0.39 is 24.9 Å². The first-order chi connectivity index (χ1) is 19.6. The number of benzene rings is 3. The van der Waals surface area contributed by atoms with E-state index in [4.69, 9.17) is 18.9 Å². The van der Waals surface area contributed by atoms with Crippen LogP contribution in [-0.4, -0.2) is 62.9 Å². The van der Waals surface area contributed by atoms with E-state index in [0.29, 0.717) is 33.9 Å². The van der Waals surface area contributed by atoms with Crippen molar-refractivity contribution in [2.75, 3.05) is 37.9 Å². The van der Waals surface area contributed by atoms with E-state index in [1.54, 1.807) is 73.7 Å². The van der Waals surface area contributed by atoms with Crippen molar-refractivity contribution >= 4 is 23.3 Å². The van der Waals surface area contributed by atoms with Gasteiger partial charge in [-0.15, -0.1) is 0 Å². The lowest BCUT2D eigenvalue weighted by atomic mass is 10.0. The highest BCUT2D eigenvalue weighted by Crippen LogP contribution is 2.33. The molecular weight excluding hydrogens is 543 g/mol. The summed E-state index contributed by atoms with van der Waals surface area (Å²) in [5, 5.41) is 0. The Morgan fingerprint density at radius 2 is 1.73 bits per heavy atom. The van der Waals surface area contributed by atoms with Crippen LogP contribution < -0.4 is 14.4 Å². The lowest BCUT2D eigenvalue weighted by molar-refractivity contribution is -0.194. The third-order valence-electron chi connectivity index (χ3n) is 6.13. The molecule has 0 saturated carbocycles. The van der Waals surface area contributed by atoms with Gasteiger partial charge in [0.2, 0.25) is 0 Å². The number of anilines is 1. The lowest BCUT2D eigenvalue weighted by Gasteiger charge is -2.29. The van der Waals surface area contributed by atoms with Crippen LogP contribution in [0, 0.1) is 0 Å². The number of carbonyl (C=O) groups is 3. The Morgan fingerprint density at radius 3 is 2.41 bits per heavy atom. The van der Waals surface area contributed by atoms with Crippen molar-refractivity contribution in [3.8, 4) is 11.5 Å². The van der Waals surface area contributed by atoms with Gasteiger partial charge in [-0.3, -0.25) is 9.59 Å². The molecule has 1 unspecified atom stereocenters. The molecule has 0 spiro atoms. The molecule has 3 aromatic rings. The lowest BCUT2D eigenvalue weighted by Crippen LogP contribution is -2.41. The Morgan fingerprint density at radius 1 is 1.00 bits per heavy atom. The van der Waals surface area contributed by atoms with Crippen molar-refractivity contribution in [1.29, 1.82) is 0 Å². The fourth-order valence-electron chi connectivity index (χ4n) is 4.18. The second-order valence-corrected chi connectivity index (χ2v) is 9.08. The summed E-state index contributed by atoms with van der Waals surface area (Å²) in [5.41, 5.74) is 2.06. The van der Waals surface area contributed by atoms with E-state index in [0.717, 1.165) is 0 Å². The quantitative estimate of drug-likeness (QED) is 0.228. The van der Waals surface area contributed by atoms with E-state index in [1.807, 2.05) is 6.07 Å². The molecule has 1 atom stereocenters. The number of halogens is 3. The van der Waals surface area contributed by atoms with Crippen LogP contribution in [0.15, 0.2) is 72.8 Å². The molecule has 1 aliphatic rings. The summed E-state index contributed by atoms with van der Waals surface area (Å²) in [7, 11) is 0. The number of fused-ring (bicyclic) bond motifs is 1. The van der Waals surface area contributed by atoms with E-state index in [-0.39, 0.29) is 44.5 Å². The SMILES string of the molecule is CCOC(=O)C(Cc1ccc(OCCN2C(=O)COc3cc(C(=O)c4ccccc4)ccc32)cc1)OCC(F)(F)F. The predicted molar refractivity (Wildman–Crippen MR) is 142 cm³/mol. The molecule has 0 aliphatic carbocycles. The summed E-state index contributed by atoms with van der Waals surface area (Å²) >= 11 is 0.